The first kappa shape index (κ1) is 17.3. The lowest BCUT2D eigenvalue weighted by atomic mass is 10.2. The Labute approximate surface area is 141 Å². The van der Waals surface area contributed by atoms with Crippen LogP contribution in [0.25, 0.3) is 0 Å². The maximum absolute atomic E-state index is 12.3. The van der Waals surface area contributed by atoms with Crippen LogP contribution in [0.1, 0.15) is 10.4 Å². The Hall–Kier alpha value is -3.02. The lowest BCUT2D eigenvalue weighted by molar-refractivity contribution is -0.119. The molecule has 0 fully saturated rings. The van der Waals surface area contributed by atoms with Gasteiger partial charge in [0.2, 0.25) is 0 Å². The number of likely N-dealkylation sites (N-methyl/N-ethyl adjacent to an activating group) is 1. The van der Waals surface area contributed by atoms with Crippen molar-refractivity contribution in [3.63, 3.8) is 0 Å². The molecule has 0 radical (unpaired) electrons. The van der Waals surface area contributed by atoms with E-state index in [1.54, 1.807) is 24.3 Å². The van der Waals surface area contributed by atoms with Crippen LogP contribution in [0.3, 0.4) is 0 Å². The predicted molar refractivity (Wildman–Crippen MR) is 93.2 cm³/mol. The Morgan fingerprint density at radius 3 is 2.46 bits per heavy atom. The molecule has 2 aromatic carbocycles. The molecule has 0 saturated carbocycles. The van der Waals surface area contributed by atoms with Crippen molar-refractivity contribution < 1.29 is 14.3 Å². The van der Waals surface area contributed by atoms with E-state index in [4.69, 9.17) is 10.5 Å². The van der Waals surface area contributed by atoms with Crippen molar-refractivity contribution in [2.45, 2.75) is 0 Å². The molecule has 2 amide bonds. The van der Waals surface area contributed by atoms with Gasteiger partial charge in [-0.3, -0.25) is 9.59 Å². The van der Waals surface area contributed by atoms with Gasteiger partial charge in [0, 0.05) is 25.8 Å². The first-order valence-corrected chi connectivity index (χ1v) is 7.62. The standard InChI is InChI=1S/C18H21N3O3/c1-21(14-7-3-2-4-8-14)12-11-20-18(23)15-9-5-6-10-16(15)24-13-17(19)22/h2-10H,11-13H2,1H3,(H2,19,22)(H,20,23). The number of nitrogens with zero attached hydrogens (tertiary/aromatic N) is 1. The summed E-state index contributed by atoms with van der Waals surface area (Å²) in [6, 6.07) is 16.7. The van der Waals surface area contributed by atoms with E-state index < -0.39 is 5.91 Å². The third-order valence-electron chi connectivity index (χ3n) is 3.43. The number of benzene rings is 2. The van der Waals surface area contributed by atoms with Gasteiger partial charge in [-0.2, -0.15) is 0 Å². The number of carbonyl (C=O) groups is 2. The van der Waals surface area contributed by atoms with Gasteiger partial charge >= 0.3 is 0 Å². The van der Waals surface area contributed by atoms with E-state index in [0.717, 1.165) is 5.69 Å². The van der Waals surface area contributed by atoms with Gasteiger partial charge in [-0.25, -0.2) is 0 Å². The van der Waals surface area contributed by atoms with Crippen molar-refractivity contribution in [1.82, 2.24) is 5.32 Å². The Morgan fingerprint density at radius 2 is 1.75 bits per heavy atom. The molecule has 6 heteroatoms. The van der Waals surface area contributed by atoms with Gasteiger partial charge in [-0.05, 0) is 24.3 Å². The highest BCUT2D eigenvalue weighted by Crippen LogP contribution is 2.17. The number of nitrogens with two attached hydrogens (primary N) is 1. The molecule has 0 saturated heterocycles. The minimum atomic E-state index is -0.588. The number of primary amides is 1. The minimum absolute atomic E-state index is 0.253. The summed E-state index contributed by atoms with van der Waals surface area (Å²) < 4.78 is 5.27. The van der Waals surface area contributed by atoms with Crippen LogP contribution < -0.4 is 20.7 Å². The summed E-state index contributed by atoms with van der Waals surface area (Å²) in [5, 5.41) is 2.85. The van der Waals surface area contributed by atoms with E-state index in [1.807, 2.05) is 37.4 Å². The quantitative estimate of drug-likeness (QED) is 0.768. The fourth-order valence-electron chi connectivity index (χ4n) is 2.17. The number of nitrogens with one attached hydrogen (secondary N) is 1. The van der Waals surface area contributed by atoms with Crippen molar-refractivity contribution in [1.29, 1.82) is 0 Å². The number of amides is 2. The molecule has 2 aromatic rings. The number of anilines is 1. The van der Waals surface area contributed by atoms with Crippen LogP contribution in [0.15, 0.2) is 54.6 Å². The van der Waals surface area contributed by atoms with Gasteiger partial charge in [0.05, 0.1) is 5.56 Å². The van der Waals surface area contributed by atoms with E-state index >= 15 is 0 Å². The lowest BCUT2D eigenvalue weighted by Crippen LogP contribution is -2.33. The highest BCUT2D eigenvalue weighted by atomic mass is 16.5. The number of hydrogen-bond acceptors (Lipinski definition) is 4. The molecule has 0 bridgehead atoms. The monoisotopic (exact) mass is 327 g/mol. The fourth-order valence-corrected chi connectivity index (χ4v) is 2.17. The number of hydrogen-bond donors (Lipinski definition) is 2. The molecule has 3 N–H and O–H groups in total. The van der Waals surface area contributed by atoms with Crippen LogP contribution in [-0.4, -0.2) is 38.6 Å². The fraction of sp³-hybridized carbons (Fsp3) is 0.222. The zero-order chi connectivity index (χ0) is 17.4. The van der Waals surface area contributed by atoms with Crippen molar-refractivity contribution >= 4 is 17.5 Å². The lowest BCUT2D eigenvalue weighted by Gasteiger charge is -2.19. The van der Waals surface area contributed by atoms with Crippen LogP contribution in [0, 0.1) is 0 Å². The van der Waals surface area contributed by atoms with Crippen molar-refractivity contribution in [2.75, 3.05) is 31.6 Å². The summed E-state index contributed by atoms with van der Waals surface area (Å²) in [5.74, 6) is -0.503. The number of para-hydroxylation sites is 2. The number of carbonyl (C=O) groups excluding carboxylic acids is 2. The molecular formula is C18H21N3O3. The van der Waals surface area contributed by atoms with Crippen molar-refractivity contribution in [3.05, 3.63) is 60.2 Å². The molecule has 6 nitrogen and oxygen atoms in total. The Balaban J connectivity index is 1.89. The van der Waals surface area contributed by atoms with Gasteiger partial charge in [0.15, 0.2) is 6.61 Å². The van der Waals surface area contributed by atoms with Crippen LogP contribution in [-0.2, 0) is 4.79 Å². The molecular weight excluding hydrogens is 306 g/mol. The van der Waals surface area contributed by atoms with E-state index in [1.165, 1.54) is 0 Å². The largest absolute Gasteiger partial charge is 0.483 e. The summed E-state index contributed by atoms with van der Waals surface area (Å²) in [6.07, 6.45) is 0. The highest BCUT2D eigenvalue weighted by Gasteiger charge is 2.12. The van der Waals surface area contributed by atoms with Crippen molar-refractivity contribution in [3.8, 4) is 5.75 Å². The average molecular weight is 327 g/mol. The molecule has 0 aliphatic heterocycles. The number of rotatable bonds is 8. The molecule has 0 aliphatic carbocycles. The summed E-state index contributed by atoms with van der Waals surface area (Å²) in [7, 11) is 1.96. The van der Waals surface area contributed by atoms with Gasteiger partial charge in [-0.1, -0.05) is 30.3 Å². The molecule has 126 valence electrons. The summed E-state index contributed by atoms with van der Waals surface area (Å²) >= 11 is 0. The second-order valence-electron chi connectivity index (χ2n) is 5.26. The zero-order valence-corrected chi connectivity index (χ0v) is 13.6. The molecule has 0 unspecified atom stereocenters. The van der Waals surface area contributed by atoms with Crippen molar-refractivity contribution in [2.24, 2.45) is 5.73 Å². The molecule has 0 heterocycles. The van der Waals surface area contributed by atoms with Crippen LogP contribution in [0.5, 0.6) is 5.75 Å². The molecule has 2 rings (SSSR count). The van der Waals surface area contributed by atoms with Crippen LogP contribution in [0.4, 0.5) is 5.69 Å². The Kier molecular flexibility index (Phi) is 6.19. The molecule has 0 spiro atoms. The minimum Gasteiger partial charge on any atom is -0.483 e. The Morgan fingerprint density at radius 1 is 1.08 bits per heavy atom. The second kappa shape index (κ2) is 8.57. The Bertz CT molecular complexity index is 689. The third kappa shape index (κ3) is 5.01. The van der Waals surface area contributed by atoms with E-state index in [-0.39, 0.29) is 12.5 Å². The normalized spacial score (nSPS) is 10.0. The van der Waals surface area contributed by atoms with E-state index in [9.17, 15) is 9.59 Å². The summed E-state index contributed by atoms with van der Waals surface area (Å²) in [5.41, 5.74) is 6.52. The summed E-state index contributed by atoms with van der Waals surface area (Å²) in [4.78, 5) is 25.2. The first-order valence-electron chi connectivity index (χ1n) is 7.62. The highest BCUT2D eigenvalue weighted by molar-refractivity contribution is 5.97. The zero-order valence-electron chi connectivity index (χ0n) is 13.6. The first-order chi connectivity index (χ1) is 11.6. The van der Waals surface area contributed by atoms with Crippen LogP contribution >= 0.6 is 0 Å². The molecule has 0 aliphatic rings. The maximum atomic E-state index is 12.3. The van der Waals surface area contributed by atoms with Gasteiger partial charge in [0.25, 0.3) is 11.8 Å². The molecule has 0 aromatic heterocycles. The number of ether oxygens (including phenoxy) is 1. The summed E-state index contributed by atoms with van der Waals surface area (Å²) in [6.45, 7) is 0.884. The molecule has 0 atom stereocenters. The third-order valence-corrected chi connectivity index (χ3v) is 3.43. The van der Waals surface area contributed by atoms with Gasteiger partial charge in [-0.15, -0.1) is 0 Å². The van der Waals surface area contributed by atoms with Gasteiger partial charge in [0.1, 0.15) is 5.75 Å². The average Bonchev–Trinajstić information content (AvgIpc) is 2.60. The van der Waals surface area contributed by atoms with Crippen LogP contribution in [0.2, 0.25) is 0 Å². The van der Waals surface area contributed by atoms with E-state index in [2.05, 4.69) is 10.2 Å². The smallest absolute Gasteiger partial charge is 0.255 e. The van der Waals surface area contributed by atoms with Gasteiger partial charge < -0.3 is 20.7 Å². The van der Waals surface area contributed by atoms with E-state index in [0.29, 0.717) is 24.4 Å². The molecule has 24 heavy (non-hydrogen) atoms. The topological polar surface area (TPSA) is 84.7 Å². The SMILES string of the molecule is CN(CCNC(=O)c1ccccc1OCC(N)=O)c1ccccc1. The predicted octanol–water partition coefficient (Wildman–Crippen LogP) is 1.42. The second-order valence-corrected chi connectivity index (χ2v) is 5.26. The maximum Gasteiger partial charge on any atom is 0.255 e.